The van der Waals surface area contributed by atoms with E-state index in [4.69, 9.17) is 11.6 Å². The van der Waals surface area contributed by atoms with Crippen molar-refractivity contribution in [1.29, 1.82) is 0 Å². The van der Waals surface area contributed by atoms with Crippen LogP contribution in [-0.2, 0) is 11.2 Å². The molecule has 1 fully saturated rings. The summed E-state index contributed by atoms with van der Waals surface area (Å²) in [5.41, 5.74) is 1.35. The Hall–Kier alpha value is -0.340. The predicted molar refractivity (Wildman–Crippen MR) is 83.6 cm³/mol. The minimum Gasteiger partial charge on any atom is -0.299 e. The zero-order valence-corrected chi connectivity index (χ0v) is 13.9. The highest BCUT2D eigenvalue weighted by Crippen LogP contribution is 2.38. The van der Waals surface area contributed by atoms with Crippen LogP contribution in [0.25, 0.3) is 0 Å². The Labute approximate surface area is 128 Å². The van der Waals surface area contributed by atoms with Crippen LogP contribution in [0.15, 0.2) is 22.7 Å². The van der Waals surface area contributed by atoms with Crippen LogP contribution in [-0.4, -0.2) is 5.78 Å². The van der Waals surface area contributed by atoms with E-state index < -0.39 is 0 Å². The lowest BCUT2D eigenvalue weighted by atomic mass is 9.71. The molecule has 1 nitrogen and oxygen atoms in total. The molecule has 0 amide bonds. The number of hydrogen-bond donors (Lipinski definition) is 0. The fourth-order valence-corrected chi connectivity index (χ4v) is 3.46. The highest BCUT2D eigenvalue weighted by atomic mass is 79.9. The molecule has 2 rings (SSSR count). The third-order valence-electron chi connectivity index (χ3n) is 4.17. The second-order valence-electron chi connectivity index (χ2n) is 6.32. The monoisotopic (exact) mass is 342 g/mol. The van der Waals surface area contributed by atoms with Gasteiger partial charge in [0.2, 0.25) is 0 Å². The van der Waals surface area contributed by atoms with Crippen LogP contribution in [0.4, 0.5) is 0 Å². The number of benzene rings is 1. The molecule has 1 aromatic rings. The molecule has 0 aliphatic heterocycles. The Balaban J connectivity index is 1.98. The van der Waals surface area contributed by atoms with Crippen molar-refractivity contribution in [1.82, 2.24) is 0 Å². The van der Waals surface area contributed by atoms with E-state index in [1.165, 1.54) is 0 Å². The molecule has 3 heteroatoms. The van der Waals surface area contributed by atoms with E-state index in [-0.39, 0.29) is 5.92 Å². The van der Waals surface area contributed by atoms with Gasteiger partial charge in [-0.1, -0.05) is 47.4 Å². The number of carbonyl (C=O) groups excluding carboxylic acids is 1. The molecule has 0 N–H and O–H groups in total. The van der Waals surface area contributed by atoms with Crippen molar-refractivity contribution in [3.05, 3.63) is 33.3 Å². The lowest BCUT2D eigenvalue weighted by molar-refractivity contribution is -0.123. The van der Waals surface area contributed by atoms with Gasteiger partial charge in [0.1, 0.15) is 5.78 Å². The van der Waals surface area contributed by atoms with Gasteiger partial charge in [0.25, 0.3) is 0 Å². The molecule has 19 heavy (non-hydrogen) atoms. The van der Waals surface area contributed by atoms with E-state index >= 15 is 0 Å². The fourth-order valence-electron chi connectivity index (χ4n) is 2.72. The molecular weight excluding hydrogens is 324 g/mol. The molecule has 1 aromatic carbocycles. The van der Waals surface area contributed by atoms with Gasteiger partial charge in [0.15, 0.2) is 0 Å². The molecule has 0 aromatic heterocycles. The van der Waals surface area contributed by atoms with Gasteiger partial charge in [-0.15, -0.1) is 0 Å². The standard InChI is InChI=1S/C16H20BrClO/c1-16(2)7-5-11(6-8-16)15(19)9-12-3-4-13(17)10-14(12)18/h3-4,10-11H,5-9H2,1-2H3. The molecule has 0 radical (unpaired) electrons. The van der Waals surface area contributed by atoms with Crippen molar-refractivity contribution in [3.8, 4) is 0 Å². The third kappa shape index (κ3) is 4.06. The van der Waals surface area contributed by atoms with E-state index in [1.54, 1.807) is 0 Å². The largest absolute Gasteiger partial charge is 0.299 e. The summed E-state index contributed by atoms with van der Waals surface area (Å²) in [6.45, 7) is 4.58. The minimum absolute atomic E-state index is 0.229. The average Bonchev–Trinajstić information content (AvgIpc) is 2.32. The third-order valence-corrected chi connectivity index (χ3v) is 5.02. The summed E-state index contributed by atoms with van der Waals surface area (Å²) in [4.78, 5) is 12.3. The number of rotatable bonds is 3. The van der Waals surface area contributed by atoms with Gasteiger partial charge in [-0.25, -0.2) is 0 Å². The zero-order valence-electron chi connectivity index (χ0n) is 11.5. The summed E-state index contributed by atoms with van der Waals surface area (Å²) >= 11 is 9.56. The van der Waals surface area contributed by atoms with Crippen LogP contribution in [0.5, 0.6) is 0 Å². The van der Waals surface area contributed by atoms with Crippen molar-refractivity contribution in [2.75, 3.05) is 0 Å². The first-order chi connectivity index (χ1) is 8.87. The van der Waals surface area contributed by atoms with Crippen molar-refractivity contribution >= 4 is 33.3 Å². The minimum atomic E-state index is 0.229. The quantitative estimate of drug-likeness (QED) is 0.715. The first-order valence-corrected chi connectivity index (χ1v) is 8.01. The Kier molecular flexibility index (Phi) is 4.73. The number of hydrogen-bond acceptors (Lipinski definition) is 1. The molecular formula is C16H20BrClO. The predicted octanol–water partition coefficient (Wildman–Crippen LogP) is 5.43. The summed E-state index contributed by atoms with van der Waals surface area (Å²) < 4.78 is 0.952. The molecule has 0 heterocycles. The maximum atomic E-state index is 12.3. The lowest BCUT2D eigenvalue weighted by Gasteiger charge is -2.33. The molecule has 0 atom stereocenters. The SMILES string of the molecule is CC1(C)CCC(C(=O)Cc2ccc(Br)cc2Cl)CC1. The van der Waals surface area contributed by atoms with E-state index in [2.05, 4.69) is 29.8 Å². The van der Waals surface area contributed by atoms with Crippen LogP contribution in [0, 0.1) is 11.3 Å². The molecule has 1 saturated carbocycles. The van der Waals surface area contributed by atoms with Crippen molar-refractivity contribution in [3.63, 3.8) is 0 Å². The highest BCUT2D eigenvalue weighted by molar-refractivity contribution is 9.10. The Morgan fingerprint density at radius 1 is 1.37 bits per heavy atom. The topological polar surface area (TPSA) is 17.1 Å². The molecule has 0 unspecified atom stereocenters. The normalized spacial score (nSPS) is 19.4. The Morgan fingerprint density at radius 3 is 2.58 bits per heavy atom. The van der Waals surface area contributed by atoms with Crippen LogP contribution >= 0.6 is 27.5 Å². The fraction of sp³-hybridized carbons (Fsp3) is 0.562. The van der Waals surface area contributed by atoms with Gasteiger partial charge >= 0.3 is 0 Å². The van der Waals surface area contributed by atoms with Gasteiger partial charge in [-0.2, -0.15) is 0 Å². The molecule has 0 spiro atoms. The van der Waals surface area contributed by atoms with Crippen molar-refractivity contribution in [2.45, 2.75) is 46.0 Å². The smallest absolute Gasteiger partial charge is 0.140 e. The van der Waals surface area contributed by atoms with E-state index in [9.17, 15) is 4.79 Å². The van der Waals surface area contributed by atoms with E-state index in [1.807, 2.05) is 18.2 Å². The van der Waals surface area contributed by atoms with Gasteiger partial charge in [0.05, 0.1) is 0 Å². The van der Waals surface area contributed by atoms with Crippen LogP contribution in [0.2, 0.25) is 5.02 Å². The second kappa shape index (κ2) is 5.97. The Bertz CT molecular complexity index is 472. The van der Waals surface area contributed by atoms with E-state index in [0.29, 0.717) is 22.6 Å². The zero-order chi connectivity index (χ0) is 14.0. The molecule has 0 bridgehead atoms. The summed E-state index contributed by atoms with van der Waals surface area (Å²) in [6, 6.07) is 5.74. The first-order valence-electron chi connectivity index (χ1n) is 6.84. The molecule has 1 aliphatic rings. The maximum Gasteiger partial charge on any atom is 0.140 e. The van der Waals surface area contributed by atoms with Gasteiger partial charge in [0, 0.05) is 21.8 Å². The number of Topliss-reactive ketones (excluding diaryl/α,β-unsaturated/α-hetero) is 1. The van der Waals surface area contributed by atoms with Crippen molar-refractivity contribution < 1.29 is 4.79 Å². The summed E-state index contributed by atoms with van der Waals surface area (Å²) in [6.07, 6.45) is 4.83. The molecule has 1 aliphatic carbocycles. The van der Waals surface area contributed by atoms with Crippen molar-refractivity contribution in [2.24, 2.45) is 11.3 Å². The first kappa shape index (κ1) is 15.1. The Morgan fingerprint density at radius 2 is 2.00 bits per heavy atom. The lowest BCUT2D eigenvalue weighted by Crippen LogP contribution is -2.27. The maximum absolute atomic E-state index is 12.3. The number of carbonyl (C=O) groups is 1. The summed E-state index contributed by atoms with van der Waals surface area (Å²) in [5.74, 6) is 0.576. The van der Waals surface area contributed by atoms with Gasteiger partial charge < -0.3 is 0 Å². The highest BCUT2D eigenvalue weighted by Gasteiger charge is 2.30. The number of halogens is 2. The molecule has 0 saturated heterocycles. The van der Waals surface area contributed by atoms with Gasteiger partial charge in [-0.05, 0) is 48.8 Å². The summed E-state index contributed by atoms with van der Waals surface area (Å²) in [5, 5.41) is 0.680. The second-order valence-corrected chi connectivity index (χ2v) is 7.64. The number of ketones is 1. The summed E-state index contributed by atoms with van der Waals surface area (Å²) in [7, 11) is 0. The van der Waals surface area contributed by atoms with Crippen LogP contribution in [0.3, 0.4) is 0 Å². The molecule has 104 valence electrons. The van der Waals surface area contributed by atoms with Crippen LogP contribution in [0.1, 0.15) is 45.1 Å². The van der Waals surface area contributed by atoms with Crippen LogP contribution < -0.4 is 0 Å². The van der Waals surface area contributed by atoms with E-state index in [0.717, 1.165) is 35.7 Å². The average molecular weight is 344 g/mol. The van der Waals surface area contributed by atoms with Gasteiger partial charge in [-0.3, -0.25) is 4.79 Å².